The Balaban J connectivity index is 2.27. The summed E-state index contributed by atoms with van der Waals surface area (Å²) in [4.78, 5) is 8.01. The fraction of sp³-hybridized carbons (Fsp3) is 0.353. The van der Waals surface area contributed by atoms with Crippen molar-refractivity contribution in [1.82, 2.24) is 19.6 Å². The number of hydrogen-bond acceptors (Lipinski definition) is 4. The summed E-state index contributed by atoms with van der Waals surface area (Å²) < 4.78 is 43.3. The number of benzene rings is 1. The number of anilines is 1. The van der Waals surface area contributed by atoms with Gasteiger partial charge in [-0.15, -0.1) is 5.10 Å². The standard InChI is InChI=1S/C17H17ClF3N5/c1-8(17(2,3)4)23-14-10(7-22-16-24-15(18)25-26(14)16)13-11(20)5-9(19)6-12(13)21/h5-8,23H,1-4H3. The summed E-state index contributed by atoms with van der Waals surface area (Å²) in [5.74, 6) is -2.65. The van der Waals surface area contributed by atoms with E-state index < -0.39 is 23.0 Å². The van der Waals surface area contributed by atoms with Crippen LogP contribution in [-0.2, 0) is 0 Å². The van der Waals surface area contributed by atoms with Gasteiger partial charge in [0.25, 0.3) is 5.78 Å². The average molecular weight is 384 g/mol. The Hall–Kier alpha value is -2.35. The normalized spacial score (nSPS) is 13.2. The van der Waals surface area contributed by atoms with Crippen LogP contribution in [0.5, 0.6) is 0 Å². The lowest BCUT2D eigenvalue weighted by Gasteiger charge is -2.29. The van der Waals surface area contributed by atoms with E-state index in [1.165, 1.54) is 10.7 Å². The lowest BCUT2D eigenvalue weighted by atomic mass is 9.88. The van der Waals surface area contributed by atoms with Gasteiger partial charge < -0.3 is 5.32 Å². The maximum Gasteiger partial charge on any atom is 0.255 e. The van der Waals surface area contributed by atoms with E-state index in [-0.39, 0.29) is 33.9 Å². The number of rotatable bonds is 3. The van der Waals surface area contributed by atoms with Crippen molar-refractivity contribution in [1.29, 1.82) is 0 Å². The van der Waals surface area contributed by atoms with Crippen molar-refractivity contribution >= 4 is 23.2 Å². The van der Waals surface area contributed by atoms with Crippen molar-refractivity contribution < 1.29 is 13.2 Å². The van der Waals surface area contributed by atoms with Crippen molar-refractivity contribution in [3.05, 3.63) is 41.1 Å². The first kappa shape index (κ1) is 18.4. The van der Waals surface area contributed by atoms with Crippen LogP contribution in [0.4, 0.5) is 19.0 Å². The molecule has 3 rings (SSSR count). The number of halogens is 4. The first-order valence-electron chi connectivity index (χ1n) is 7.90. The van der Waals surface area contributed by atoms with Crippen LogP contribution in [0.3, 0.4) is 0 Å². The van der Waals surface area contributed by atoms with E-state index in [2.05, 4.69) is 20.4 Å². The molecule has 26 heavy (non-hydrogen) atoms. The summed E-state index contributed by atoms with van der Waals surface area (Å²) in [6, 6.07) is 1.13. The predicted octanol–water partition coefficient (Wildman–Crippen LogP) is 4.71. The minimum absolute atomic E-state index is 0.0545. The SMILES string of the molecule is CC(Nc1c(-c2c(F)cc(F)cc2F)cnc2nc(Cl)nn12)C(C)(C)C. The quantitative estimate of drug-likeness (QED) is 0.711. The Morgan fingerprint density at radius 1 is 1.15 bits per heavy atom. The zero-order valence-electron chi connectivity index (χ0n) is 14.6. The summed E-state index contributed by atoms with van der Waals surface area (Å²) in [7, 11) is 0. The van der Waals surface area contributed by atoms with Crippen molar-refractivity contribution in [3.8, 4) is 11.1 Å². The highest BCUT2D eigenvalue weighted by Gasteiger charge is 2.25. The topological polar surface area (TPSA) is 55.1 Å². The number of nitrogens with zero attached hydrogens (tertiary/aromatic N) is 4. The van der Waals surface area contributed by atoms with E-state index in [1.807, 2.05) is 27.7 Å². The fourth-order valence-electron chi connectivity index (χ4n) is 2.35. The van der Waals surface area contributed by atoms with E-state index in [0.29, 0.717) is 12.1 Å². The minimum atomic E-state index is -1.04. The number of fused-ring (bicyclic) bond motifs is 1. The summed E-state index contributed by atoms with van der Waals surface area (Å²) >= 11 is 5.85. The fourth-order valence-corrected chi connectivity index (χ4v) is 2.50. The molecule has 0 aliphatic heterocycles. The zero-order valence-corrected chi connectivity index (χ0v) is 15.4. The molecule has 138 valence electrons. The Labute approximate surface area is 153 Å². The van der Waals surface area contributed by atoms with Crippen LogP contribution >= 0.6 is 11.6 Å². The van der Waals surface area contributed by atoms with Crippen LogP contribution in [0.25, 0.3) is 16.9 Å². The highest BCUT2D eigenvalue weighted by molar-refractivity contribution is 6.28. The summed E-state index contributed by atoms with van der Waals surface area (Å²) in [6.07, 6.45) is 1.26. The van der Waals surface area contributed by atoms with Gasteiger partial charge in [0.2, 0.25) is 5.28 Å². The zero-order chi connectivity index (χ0) is 19.2. The van der Waals surface area contributed by atoms with Gasteiger partial charge in [-0.05, 0) is 23.9 Å². The van der Waals surface area contributed by atoms with E-state index in [4.69, 9.17) is 11.6 Å². The molecule has 3 aromatic rings. The molecular weight excluding hydrogens is 367 g/mol. The predicted molar refractivity (Wildman–Crippen MR) is 93.6 cm³/mol. The van der Waals surface area contributed by atoms with E-state index >= 15 is 0 Å². The number of nitrogens with one attached hydrogen (secondary N) is 1. The molecule has 9 heteroatoms. The molecule has 1 aromatic carbocycles. The van der Waals surface area contributed by atoms with Gasteiger partial charge in [-0.1, -0.05) is 20.8 Å². The lowest BCUT2D eigenvalue weighted by Crippen LogP contribution is -2.32. The summed E-state index contributed by atoms with van der Waals surface area (Å²) in [5, 5.41) is 7.19. The second-order valence-corrected chi connectivity index (χ2v) is 7.43. The average Bonchev–Trinajstić information content (AvgIpc) is 2.87. The van der Waals surface area contributed by atoms with Gasteiger partial charge in [-0.25, -0.2) is 18.2 Å². The van der Waals surface area contributed by atoms with Gasteiger partial charge in [0, 0.05) is 29.9 Å². The number of aromatic nitrogens is 4. The van der Waals surface area contributed by atoms with Gasteiger partial charge >= 0.3 is 0 Å². The molecule has 0 bridgehead atoms. The number of hydrogen-bond donors (Lipinski definition) is 1. The maximum atomic E-state index is 14.3. The van der Waals surface area contributed by atoms with Crippen LogP contribution in [-0.4, -0.2) is 25.6 Å². The third-order valence-corrected chi connectivity index (χ3v) is 4.43. The molecule has 0 aliphatic carbocycles. The first-order chi connectivity index (χ1) is 12.1. The maximum absolute atomic E-state index is 14.3. The summed E-state index contributed by atoms with van der Waals surface area (Å²) in [5.41, 5.74) is -0.488. The second-order valence-electron chi connectivity index (χ2n) is 7.09. The van der Waals surface area contributed by atoms with Crippen LogP contribution in [0.2, 0.25) is 5.28 Å². The molecule has 0 spiro atoms. The van der Waals surface area contributed by atoms with E-state index in [1.54, 1.807) is 0 Å². The largest absolute Gasteiger partial charge is 0.366 e. The third-order valence-electron chi connectivity index (χ3n) is 4.27. The minimum Gasteiger partial charge on any atom is -0.366 e. The van der Waals surface area contributed by atoms with Gasteiger partial charge in [-0.2, -0.15) is 9.50 Å². The van der Waals surface area contributed by atoms with Crippen molar-refractivity contribution in [2.75, 3.05) is 5.32 Å². The van der Waals surface area contributed by atoms with Crippen LogP contribution in [0.15, 0.2) is 18.3 Å². The smallest absolute Gasteiger partial charge is 0.255 e. The van der Waals surface area contributed by atoms with Gasteiger partial charge in [0.05, 0.1) is 5.56 Å². The Morgan fingerprint density at radius 3 is 2.35 bits per heavy atom. The first-order valence-corrected chi connectivity index (χ1v) is 8.28. The molecule has 1 N–H and O–H groups in total. The molecule has 0 fully saturated rings. The van der Waals surface area contributed by atoms with E-state index in [0.717, 1.165) is 0 Å². The van der Waals surface area contributed by atoms with Gasteiger partial charge in [-0.3, -0.25) is 0 Å². The molecule has 5 nitrogen and oxygen atoms in total. The molecule has 0 saturated heterocycles. The Kier molecular flexibility index (Phi) is 4.56. The van der Waals surface area contributed by atoms with Crippen LogP contribution in [0, 0.1) is 22.9 Å². The monoisotopic (exact) mass is 383 g/mol. The molecule has 0 aliphatic rings. The molecule has 1 unspecified atom stereocenters. The van der Waals surface area contributed by atoms with Crippen molar-refractivity contribution in [2.24, 2.45) is 5.41 Å². The lowest BCUT2D eigenvalue weighted by molar-refractivity contribution is 0.358. The van der Waals surface area contributed by atoms with Gasteiger partial charge in [0.1, 0.15) is 23.3 Å². The Bertz CT molecular complexity index is 957. The molecular formula is C17H17ClF3N5. The molecule has 1 atom stereocenters. The second kappa shape index (κ2) is 6.42. The van der Waals surface area contributed by atoms with Crippen molar-refractivity contribution in [2.45, 2.75) is 33.7 Å². The molecule has 0 amide bonds. The van der Waals surface area contributed by atoms with Gasteiger partial charge in [0.15, 0.2) is 0 Å². The molecule has 0 saturated carbocycles. The Morgan fingerprint density at radius 2 is 1.77 bits per heavy atom. The summed E-state index contributed by atoms with van der Waals surface area (Å²) in [6.45, 7) is 7.95. The third kappa shape index (κ3) is 3.33. The van der Waals surface area contributed by atoms with Crippen LogP contribution in [0.1, 0.15) is 27.7 Å². The van der Waals surface area contributed by atoms with Crippen molar-refractivity contribution in [3.63, 3.8) is 0 Å². The molecule has 2 aromatic heterocycles. The molecule has 2 heterocycles. The molecule has 0 radical (unpaired) electrons. The highest BCUT2D eigenvalue weighted by Crippen LogP contribution is 2.34. The van der Waals surface area contributed by atoms with Crippen LogP contribution < -0.4 is 5.32 Å². The highest BCUT2D eigenvalue weighted by atomic mass is 35.5. The van der Waals surface area contributed by atoms with E-state index in [9.17, 15) is 13.2 Å².